The van der Waals surface area contributed by atoms with E-state index in [1.54, 1.807) is 0 Å². The van der Waals surface area contributed by atoms with Crippen molar-refractivity contribution in [2.24, 2.45) is 11.1 Å². The van der Waals surface area contributed by atoms with E-state index in [0.29, 0.717) is 25.3 Å². The molecule has 0 bridgehead atoms. The number of aliphatic hydroxyl groups excluding tert-OH is 1. The summed E-state index contributed by atoms with van der Waals surface area (Å²) in [7, 11) is 0. The summed E-state index contributed by atoms with van der Waals surface area (Å²) in [6.07, 6.45) is 0.761. The predicted octanol–water partition coefficient (Wildman–Crippen LogP) is 2.69. The highest BCUT2D eigenvalue weighted by Gasteiger charge is 2.46. The van der Waals surface area contributed by atoms with E-state index in [2.05, 4.69) is 15.0 Å². The van der Waals surface area contributed by atoms with Crippen LogP contribution in [-0.4, -0.2) is 45.3 Å². The van der Waals surface area contributed by atoms with Gasteiger partial charge in [0.2, 0.25) is 0 Å². The number of halogens is 3. The Balaban J connectivity index is 1.48. The molecule has 162 valence electrons. The average Bonchev–Trinajstić information content (AvgIpc) is 2.96. The Hall–Kier alpha value is -2.11. The number of aromatic nitrogens is 3. The second kappa shape index (κ2) is 7.86. The third-order valence-corrected chi connectivity index (χ3v) is 7.09. The molecule has 11 heteroatoms. The molecule has 2 aromatic rings. The average molecular weight is 440 g/mol. The number of anilines is 2. The largest absolute Gasteiger partial charge is 0.434 e. The molecule has 1 saturated carbocycles. The van der Waals surface area contributed by atoms with Crippen molar-refractivity contribution in [1.29, 1.82) is 0 Å². The standard InChI is InChI=1S/C19H23F3N6OS/c20-19(21,22)15-12(2-1-5-25-15)30-17-16(24)27-14(10-26-17)28-6-3-18(4-7-28)9-11(29)8-13(18)23/h1-2,5,10-11,13,29H,3-4,6-9,23H2,(H2,24,27). The molecule has 0 amide bonds. The highest BCUT2D eigenvalue weighted by Crippen LogP contribution is 2.46. The van der Waals surface area contributed by atoms with E-state index in [4.69, 9.17) is 11.5 Å². The zero-order valence-electron chi connectivity index (χ0n) is 16.1. The summed E-state index contributed by atoms with van der Waals surface area (Å²) in [5.41, 5.74) is 11.3. The summed E-state index contributed by atoms with van der Waals surface area (Å²) >= 11 is 0.795. The molecule has 2 atom stereocenters. The maximum atomic E-state index is 13.2. The Morgan fingerprint density at radius 3 is 2.57 bits per heavy atom. The van der Waals surface area contributed by atoms with E-state index in [0.717, 1.165) is 37.2 Å². The first-order valence-corrected chi connectivity index (χ1v) is 10.5. The Morgan fingerprint density at radius 1 is 1.23 bits per heavy atom. The molecule has 0 aromatic carbocycles. The monoisotopic (exact) mass is 440 g/mol. The first-order chi connectivity index (χ1) is 14.2. The summed E-state index contributed by atoms with van der Waals surface area (Å²) in [5.74, 6) is 0.656. The fourth-order valence-electron chi connectivity index (χ4n) is 4.41. The van der Waals surface area contributed by atoms with Crippen LogP contribution in [-0.2, 0) is 6.18 Å². The van der Waals surface area contributed by atoms with Gasteiger partial charge in [-0.05, 0) is 43.2 Å². The second-order valence-corrected chi connectivity index (χ2v) is 8.95. The smallest absolute Gasteiger partial charge is 0.393 e. The van der Waals surface area contributed by atoms with Crippen LogP contribution in [0.3, 0.4) is 0 Å². The number of aliphatic hydroxyl groups is 1. The molecular weight excluding hydrogens is 417 g/mol. The molecule has 30 heavy (non-hydrogen) atoms. The summed E-state index contributed by atoms with van der Waals surface area (Å²) in [6, 6.07) is 2.76. The van der Waals surface area contributed by atoms with Gasteiger partial charge in [0.25, 0.3) is 0 Å². The van der Waals surface area contributed by atoms with E-state index in [1.807, 2.05) is 4.90 Å². The number of hydrogen-bond acceptors (Lipinski definition) is 8. The van der Waals surface area contributed by atoms with E-state index >= 15 is 0 Å². The molecule has 4 rings (SSSR count). The lowest BCUT2D eigenvalue weighted by atomic mass is 9.74. The molecule has 1 aliphatic heterocycles. The zero-order chi connectivity index (χ0) is 21.5. The third-order valence-electron chi connectivity index (χ3n) is 6.04. The normalized spacial score (nSPS) is 23.8. The summed E-state index contributed by atoms with van der Waals surface area (Å²) in [5, 5.41) is 10.1. The number of alkyl halides is 3. The first-order valence-electron chi connectivity index (χ1n) is 9.69. The van der Waals surface area contributed by atoms with Gasteiger partial charge in [0.1, 0.15) is 10.8 Å². The highest BCUT2D eigenvalue weighted by atomic mass is 32.2. The lowest BCUT2D eigenvalue weighted by Gasteiger charge is -2.42. The Kier molecular flexibility index (Phi) is 5.54. The van der Waals surface area contributed by atoms with Gasteiger partial charge in [-0.15, -0.1) is 0 Å². The van der Waals surface area contributed by atoms with Gasteiger partial charge in [-0.3, -0.25) is 4.98 Å². The van der Waals surface area contributed by atoms with Crippen LogP contribution in [0, 0.1) is 5.41 Å². The molecule has 1 aliphatic carbocycles. The van der Waals surface area contributed by atoms with Gasteiger partial charge in [-0.1, -0.05) is 11.8 Å². The molecule has 0 radical (unpaired) electrons. The van der Waals surface area contributed by atoms with Crippen molar-refractivity contribution in [2.45, 2.75) is 53.9 Å². The van der Waals surface area contributed by atoms with E-state index in [-0.39, 0.29) is 33.3 Å². The summed E-state index contributed by atoms with van der Waals surface area (Å²) < 4.78 is 39.5. The molecule has 3 heterocycles. The number of rotatable bonds is 3. The van der Waals surface area contributed by atoms with Crippen LogP contribution >= 0.6 is 11.8 Å². The van der Waals surface area contributed by atoms with Crippen molar-refractivity contribution in [1.82, 2.24) is 15.0 Å². The van der Waals surface area contributed by atoms with Gasteiger partial charge in [0.15, 0.2) is 11.5 Å². The first kappa shape index (κ1) is 21.1. The van der Waals surface area contributed by atoms with Crippen LogP contribution in [0.5, 0.6) is 0 Å². The second-order valence-electron chi connectivity index (χ2n) is 7.92. The van der Waals surface area contributed by atoms with Crippen LogP contribution in [0.2, 0.25) is 0 Å². The van der Waals surface area contributed by atoms with Gasteiger partial charge >= 0.3 is 6.18 Å². The molecule has 1 spiro atoms. The maximum Gasteiger partial charge on any atom is 0.434 e. The van der Waals surface area contributed by atoms with Gasteiger partial charge in [-0.2, -0.15) is 13.2 Å². The van der Waals surface area contributed by atoms with Crippen molar-refractivity contribution in [3.8, 4) is 0 Å². The summed E-state index contributed by atoms with van der Waals surface area (Å²) in [6.45, 7) is 1.42. The topological polar surface area (TPSA) is 114 Å². The van der Waals surface area contributed by atoms with Crippen LogP contribution in [0.4, 0.5) is 24.8 Å². The van der Waals surface area contributed by atoms with Crippen molar-refractivity contribution in [3.63, 3.8) is 0 Å². The summed E-state index contributed by atoms with van der Waals surface area (Å²) in [4.78, 5) is 14.0. The third kappa shape index (κ3) is 4.06. The van der Waals surface area contributed by atoms with Crippen molar-refractivity contribution in [2.75, 3.05) is 23.7 Å². The van der Waals surface area contributed by atoms with E-state index < -0.39 is 11.9 Å². The van der Waals surface area contributed by atoms with Crippen LogP contribution in [0.15, 0.2) is 34.4 Å². The Labute approximate surface area is 176 Å². The minimum atomic E-state index is -4.57. The fraction of sp³-hybridized carbons (Fsp3) is 0.526. The SMILES string of the molecule is Nc1nc(N2CCC3(CC2)CC(O)CC3N)cnc1Sc1cccnc1C(F)(F)F. The molecule has 5 N–H and O–H groups in total. The van der Waals surface area contributed by atoms with E-state index in [9.17, 15) is 18.3 Å². The van der Waals surface area contributed by atoms with Crippen molar-refractivity contribution >= 4 is 23.4 Å². The highest BCUT2D eigenvalue weighted by molar-refractivity contribution is 7.99. The minimum absolute atomic E-state index is 0.00751. The van der Waals surface area contributed by atoms with Gasteiger partial charge < -0.3 is 21.5 Å². The van der Waals surface area contributed by atoms with Gasteiger partial charge in [-0.25, -0.2) is 9.97 Å². The molecule has 2 unspecified atom stereocenters. The van der Waals surface area contributed by atoms with Crippen LogP contribution in [0.25, 0.3) is 0 Å². The Morgan fingerprint density at radius 2 is 1.97 bits per heavy atom. The quantitative estimate of drug-likeness (QED) is 0.668. The fourth-order valence-corrected chi connectivity index (χ4v) is 5.28. The van der Waals surface area contributed by atoms with Crippen molar-refractivity contribution in [3.05, 3.63) is 30.2 Å². The Bertz CT molecular complexity index is 919. The number of nitrogens with two attached hydrogens (primary N) is 2. The van der Waals surface area contributed by atoms with Crippen molar-refractivity contribution < 1.29 is 18.3 Å². The molecule has 2 fully saturated rings. The van der Waals surface area contributed by atoms with Crippen LogP contribution in [0.1, 0.15) is 31.4 Å². The number of nitrogens with zero attached hydrogens (tertiary/aromatic N) is 4. The number of hydrogen-bond donors (Lipinski definition) is 3. The number of nitrogen functional groups attached to an aromatic ring is 1. The van der Waals surface area contributed by atoms with E-state index in [1.165, 1.54) is 18.3 Å². The maximum absolute atomic E-state index is 13.2. The minimum Gasteiger partial charge on any atom is -0.393 e. The molecular formula is C19H23F3N6OS. The predicted molar refractivity (Wildman–Crippen MR) is 107 cm³/mol. The van der Waals surface area contributed by atoms with Gasteiger partial charge in [0, 0.05) is 30.2 Å². The zero-order valence-corrected chi connectivity index (χ0v) is 17.0. The lowest BCUT2D eigenvalue weighted by molar-refractivity contribution is -0.143. The molecule has 2 aliphatic rings. The van der Waals surface area contributed by atoms with Gasteiger partial charge in [0.05, 0.1) is 12.3 Å². The molecule has 1 saturated heterocycles. The lowest BCUT2D eigenvalue weighted by Crippen LogP contribution is -2.47. The number of pyridine rings is 1. The molecule has 2 aromatic heterocycles. The number of piperidine rings is 1. The van der Waals surface area contributed by atoms with Crippen LogP contribution < -0.4 is 16.4 Å². The molecule has 7 nitrogen and oxygen atoms in total.